The Hall–Kier alpha value is -3.41. The number of aromatic nitrogens is 1. The zero-order chi connectivity index (χ0) is 22.2. The van der Waals surface area contributed by atoms with Crippen molar-refractivity contribution in [2.24, 2.45) is 7.05 Å². The van der Waals surface area contributed by atoms with Crippen LogP contribution >= 0.6 is 0 Å². The molecule has 164 valence electrons. The van der Waals surface area contributed by atoms with E-state index in [1.54, 1.807) is 13.1 Å². The summed E-state index contributed by atoms with van der Waals surface area (Å²) < 4.78 is 12.5. The second-order valence-corrected chi connectivity index (χ2v) is 8.46. The maximum Gasteiger partial charge on any atom is 0.419 e. The smallest absolute Gasteiger partial charge is 0.408 e. The van der Waals surface area contributed by atoms with Crippen LogP contribution < -0.4 is 16.4 Å². The van der Waals surface area contributed by atoms with Gasteiger partial charge in [-0.15, -0.1) is 0 Å². The molecule has 3 heterocycles. The van der Waals surface area contributed by atoms with Gasteiger partial charge in [0.25, 0.3) is 5.91 Å². The van der Waals surface area contributed by atoms with Crippen LogP contribution in [0.25, 0.3) is 22.2 Å². The van der Waals surface area contributed by atoms with E-state index in [-0.39, 0.29) is 23.8 Å². The van der Waals surface area contributed by atoms with E-state index >= 15 is 0 Å². The fraction of sp³-hybridized carbons (Fsp3) is 0.375. The number of benzene rings is 2. The summed E-state index contributed by atoms with van der Waals surface area (Å²) in [5.74, 6) is -0.617. The van der Waals surface area contributed by atoms with Gasteiger partial charge in [0.05, 0.1) is 17.7 Å². The fourth-order valence-electron chi connectivity index (χ4n) is 4.57. The lowest BCUT2D eigenvalue weighted by Gasteiger charge is -2.20. The van der Waals surface area contributed by atoms with Crippen molar-refractivity contribution in [1.82, 2.24) is 15.2 Å². The number of oxazole rings is 1. The molecule has 0 aliphatic carbocycles. The highest BCUT2D eigenvalue weighted by atomic mass is 16.5. The topological polar surface area (TPSA) is 109 Å². The molecule has 2 aromatic carbocycles. The molecule has 2 saturated heterocycles. The van der Waals surface area contributed by atoms with Gasteiger partial charge in [0.2, 0.25) is 0 Å². The highest BCUT2D eigenvalue weighted by Gasteiger charge is 2.42. The molecule has 4 atom stereocenters. The third kappa shape index (κ3) is 3.81. The van der Waals surface area contributed by atoms with E-state index < -0.39 is 12.1 Å². The van der Waals surface area contributed by atoms with Gasteiger partial charge < -0.3 is 19.8 Å². The summed E-state index contributed by atoms with van der Waals surface area (Å²) >= 11 is 0. The normalized spacial score (nSPS) is 23.1. The van der Waals surface area contributed by atoms with Crippen LogP contribution in [0.3, 0.4) is 0 Å². The van der Waals surface area contributed by atoms with E-state index in [4.69, 9.17) is 9.15 Å². The number of ether oxygens (including phenoxy) is 1. The standard InChI is InChI=1S/C24H24N4O4/c1-28-20-11-16(6-7-21(20)32-24(28)30)15-4-2-14(3-5-15)10-17(13-25)27-23(29)22-19-12-18(31-22)8-9-26-19/h2-7,11,17-19,22,26H,8-10,12H2,1H3,(H,27,29)/t17-,18?,19?,22+/m0/s1. The first-order valence-electron chi connectivity index (χ1n) is 10.8. The average Bonchev–Trinajstić information content (AvgIpc) is 3.27. The minimum Gasteiger partial charge on any atom is -0.408 e. The zero-order valence-corrected chi connectivity index (χ0v) is 17.7. The van der Waals surface area contributed by atoms with Gasteiger partial charge in [-0.25, -0.2) is 4.79 Å². The van der Waals surface area contributed by atoms with Gasteiger partial charge in [0.15, 0.2) is 11.7 Å². The minimum absolute atomic E-state index is 0.0273. The van der Waals surface area contributed by atoms with Crippen molar-refractivity contribution in [3.63, 3.8) is 0 Å². The average molecular weight is 432 g/mol. The number of nitriles is 1. The molecule has 2 unspecified atom stereocenters. The van der Waals surface area contributed by atoms with Crippen molar-refractivity contribution >= 4 is 17.0 Å². The first-order valence-corrected chi connectivity index (χ1v) is 10.8. The van der Waals surface area contributed by atoms with Crippen LogP contribution in [0, 0.1) is 11.3 Å². The van der Waals surface area contributed by atoms with Gasteiger partial charge in [0.1, 0.15) is 6.04 Å². The molecule has 0 radical (unpaired) electrons. The summed E-state index contributed by atoms with van der Waals surface area (Å²) in [5, 5.41) is 15.7. The molecule has 2 fully saturated rings. The summed E-state index contributed by atoms with van der Waals surface area (Å²) in [7, 11) is 1.68. The molecule has 32 heavy (non-hydrogen) atoms. The van der Waals surface area contributed by atoms with E-state index in [0.29, 0.717) is 12.0 Å². The maximum absolute atomic E-state index is 12.7. The van der Waals surface area contributed by atoms with Gasteiger partial charge in [-0.1, -0.05) is 30.3 Å². The van der Waals surface area contributed by atoms with Gasteiger partial charge in [0, 0.05) is 19.5 Å². The molecule has 1 amide bonds. The predicted molar refractivity (Wildman–Crippen MR) is 118 cm³/mol. The molecule has 2 aliphatic heterocycles. The van der Waals surface area contributed by atoms with Crippen molar-refractivity contribution in [2.45, 2.75) is 43.6 Å². The number of nitrogens with one attached hydrogen (secondary N) is 2. The summed E-state index contributed by atoms with van der Waals surface area (Å²) in [5.41, 5.74) is 4.18. The van der Waals surface area contributed by atoms with Crippen LogP contribution in [-0.4, -0.2) is 41.3 Å². The Morgan fingerprint density at radius 2 is 2.06 bits per heavy atom. The summed E-state index contributed by atoms with van der Waals surface area (Å²) in [4.78, 5) is 24.4. The van der Waals surface area contributed by atoms with Gasteiger partial charge in [-0.05, 0) is 48.2 Å². The first-order chi connectivity index (χ1) is 15.5. The number of hydrogen-bond acceptors (Lipinski definition) is 6. The van der Waals surface area contributed by atoms with E-state index in [1.807, 2.05) is 36.4 Å². The van der Waals surface area contributed by atoms with Crippen molar-refractivity contribution in [2.75, 3.05) is 6.54 Å². The Morgan fingerprint density at radius 1 is 1.28 bits per heavy atom. The number of piperidine rings is 1. The first kappa shape index (κ1) is 20.5. The third-order valence-electron chi connectivity index (χ3n) is 6.34. The molecule has 3 aromatic rings. The van der Waals surface area contributed by atoms with Crippen molar-refractivity contribution in [1.29, 1.82) is 5.26 Å². The van der Waals surface area contributed by atoms with Crippen LogP contribution in [-0.2, 0) is 23.0 Å². The van der Waals surface area contributed by atoms with E-state index in [1.165, 1.54) is 4.57 Å². The van der Waals surface area contributed by atoms with Crippen LogP contribution in [0.15, 0.2) is 51.7 Å². The lowest BCUT2D eigenvalue weighted by Crippen LogP contribution is -2.49. The van der Waals surface area contributed by atoms with Crippen molar-refractivity contribution in [3.05, 3.63) is 58.6 Å². The maximum atomic E-state index is 12.7. The molecule has 2 bridgehead atoms. The van der Waals surface area contributed by atoms with Crippen molar-refractivity contribution in [3.8, 4) is 17.2 Å². The van der Waals surface area contributed by atoms with Crippen LogP contribution in [0.5, 0.6) is 0 Å². The fourth-order valence-corrected chi connectivity index (χ4v) is 4.57. The van der Waals surface area contributed by atoms with E-state index in [2.05, 4.69) is 16.7 Å². The number of carbonyl (C=O) groups excluding carboxylic acids is 1. The zero-order valence-electron chi connectivity index (χ0n) is 17.7. The van der Waals surface area contributed by atoms with Crippen LogP contribution in [0.1, 0.15) is 18.4 Å². The molecule has 0 spiro atoms. The Labute approximate surface area is 184 Å². The largest absolute Gasteiger partial charge is 0.419 e. The molecule has 0 saturated carbocycles. The SMILES string of the molecule is Cn1c(=O)oc2ccc(-c3ccc(C[C@@H](C#N)NC(=O)[C@@H]4OC5CCNC4C5)cc3)cc21. The summed E-state index contributed by atoms with van der Waals surface area (Å²) in [6, 6.07) is 15.0. The Balaban J connectivity index is 1.26. The second-order valence-electron chi connectivity index (χ2n) is 8.46. The summed E-state index contributed by atoms with van der Waals surface area (Å²) in [6.45, 7) is 0.858. The molecule has 8 heteroatoms. The van der Waals surface area contributed by atoms with Crippen molar-refractivity contribution < 1.29 is 13.9 Å². The summed E-state index contributed by atoms with van der Waals surface area (Å²) in [6.07, 6.45) is 1.77. The lowest BCUT2D eigenvalue weighted by molar-refractivity contribution is -0.132. The monoisotopic (exact) mass is 432 g/mol. The number of aryl methyl sites for hydroxylation is 1. The number of rotatable bonds is 5. The lowest BCUT2D eigenvalue weighted by atomic mass is 10.00. The van der Waals surface area contributed by atoms with Gasteiger partial charge >= 0.3 is 5.76 Å². The molecular weight excluding hydrogens is 408 g/mol. The quantitative estimate of drug-likeness (QED) is 0.637. The molecule has 2 N–H and O–H groups in total. The Bertz CT molecular complexity index is 1250. The number of nitrogens with zero attached hydrogens (tertiary/aromatic N) is 2. The highest BCUT2D eigenvalue weighted by molar-refractivity contribution is 5.83. The highest BCUT2D eigenvalue weighted by Crippen LogP contribution is 2.27. The number of fused-ring (bicyclic) bond motifs is 3. The predicted octanol–water partition coefficient (Wildman–Crippen LogP) is 1.87. The number of carbonyl (C=O) groups is 1. The number of hydrogen-bond donors (Lipinski definition) is 2. The molecule has 2 aliphatic rings. The Kier molecular flexibility index (Phi) is 5.29. The molecule has 5 rings (SSSR count). The van der Waals surface area contributed by atoms with E-state index in [0.717, 1.165) is 41.6 Å². The van der Waals surface area contributed by atoms with Crippen LogP contribution in [0.2, 0.25) is 0 Å². The van der Waals surface area contributed by atoms with Crippen LogP contribution in [0.4, 0.5) is 0 Å². The number of amides is 1. The van der Waals surface area contributed by atoms with E-state index in [9.17, 15) is 14.9 Å². The Morgan fingerprint density at radius 3 is 2.81 bits per heavy atom. The minimum atomic E-state index is -0.630. The van der Waals surface area contributed by atoms with Gasteiger partial charge in [-0.2, -0.15) is 5.26 Å². The van der Waals surface area contributed by atoms with Gasteiger partial charge in [-0.3, -0.25) is 9.36 Å². The third-order valence-corrected chi connectivity index (χ3v) is 6.34. The second kappa shape index (κ2) is 8.26. The molecular formula is C24H24N4O4. The molecule has 1 aromatic heterocycles. The molecule has 8 nitrogen and oxygen atoms in total.